The molecule has 1 heterocycles. The van der Waals surface area contributed by atoms with Gasteiger partial charge < -0.3 is 4.90 Å². The van der Waals surface area contributed by atoms with Crippen molar-refractivity contribution in [1.82, 2.24) is 9.88 Å². The van der Waals surface area contributed by atoms with Crippen molar-refractivity contribution in [1.29, 1.82) is 0 Å². The third kappa shape index (κ3) is 4.66. The zero-order valence-electron chi connectivity index (χ0n) is 17.3. The second-order valence-corrected chi connectivity index (χ2v) is 10.4. The second-order valence-electron chi connectivity index (χ2n) is 7.45. The van der Waals surface area contributed by atoms with Crippen molar-refractivity contribution in [3.8, 4) is 0 Å². The Morgan fingerprint density at radius 3 is 2.45 bits per heavy atom. The average Bonchev–Trinajstić information content (AvgIpc) is 3.04. The number of rotatable bonds is 6. The van der Waals surface area contributed by atoms with Gasteiger partial charge in [-0.3, -0.25) is 9.69 Å². The number of hydrogen-bond donors (Lipinski definition) is 0. The topological polar surface area (TPSA) is 70.6 Å². The second kappa shape index (κ2) is 8.22. The Bertz CT molecular complexity index is 1170. The molecule has 0 aliphatic rings. The van der Waals surface area contributed by atoms with E-state index in [-0.39, 0.29) is 16.4 Å². The molecule has 0 saturated carbocycles. The number of hydrogen-bond acceptors (Lipinski definition) is 6. The van der Waals surface area contributed by atoms with Gasteiger partial charge in [0, 0.05) is 19.3 Å². The molecule has 3 aromatic rings. The lowest BCUT2D eigenvalue weighted by molar-refractivity contribution is 0.0982. The number of likely N-dealkylation sites (N-methyl/N-ethyl adjacent to an activating group) is 1. The molecule has 0 bridgehead atoms. The van der Waals surface area contributed by atoms with E-state index in [2.05, 4.69) is 6.07 Å². The quantitative estimate of drug-likeness (QED) is 0.597. The van der Waals surface area contributed by atoms with Crippen molar-refractivity contribution in [2.75, 3.05) is 38.3 Å². The highest BCUT2D eigenvalue weighted by Gasteiger charge is 2.26. The lowest BCUT2D eigenvalue weighted by Crippen LogP contribution is -2.37. The van der Waals surface area contributed by atoms with Crippen LogP contribution in [-0.4, -0.2) is 57.6 Å². The smallest absolute Gasteiger partial charge is 0.261 e. The van der Waals surface area contributed by atoms with Gasteiger partial charge in [0.1, 0.15) is 0 Å². The van der Waals surface area contributed by atoms with E-state index in [9.17, 15) is 13.2 Å². The Kier molecular flexibility index (Phi) is 6.07. The summed E-state index contributed by atoms with van der Waals surface area (Å²) in [5, 5.41) is 0.573. The molecule has 29 heavy (non-hydrogen) atoms. The summed E-state index contributed by atoms with van der Waals surface area (Å²) in [6.45, 7) is 5.08. The fraction of sp³-hybridized carbons (Fsp3) is 0.333. The summed E-state index contributed by atoms with van der Waals surface area (Å²) in [5.41, 5.74) is 3.24. The molecule has 2 aromatic carbocycles. The Hall–Kier alpha value is -2.29. The van der Waals surface area contributed by atoms with Crippen LogP contribution in [0.15, 0.2) is 41.3 Å². The number of carbonyl (C=O) groups excluding carboxylic acids is 1. The fourth-order valence-corrected chi connectivity index (χ4v) is 5.10. The van der Waals surface area contributed by atoms with E-state index in [0.29, 0.717) is 18.2 Å². The molecule has 0 saturated heterocycles. The van der Waals surface area contributed by atoms with E-state index in [1.165, 1.54) is 17.4 Å². The summed E-state index contributed by atoms with van der Waals surface area (Å²) in [7, 11) is 0.322. The molecule has 154 valence electrons. The normalized spacial score (nSPS) is 11.9. The maximum atomic E-state index is 13.5. The van der Waals surface area contributed by atoms with Gasteiger partial charge in [-0.25, -0.2) is 13.4 Å². The van der Waals surface area contributed by atoms with E-state index < -0.39 is 9.84 Å². The molecule has 6 nitrogen and oxygen atoms in total. The predicted octanol–water partition coefficient (Wildman–Crippen LogP) is 3.53. The van der Waals surface area contributed by atoms with Crippen LogP contribution in [0.3, 0.4) is 0 Å². The molecule has 0 atom stereocenters. The molecular weight excluding hydrogens is 406 g/mol. The van der Waals surface area contributed by atoms with Crippen LogP contribution in [0.2, 0.25) is 0 Å². The van der Waals surface area contributed by atoms with Gasteiger partial charge in [0.05, 0.1) is 20.7 Å². The number of benzene rings is 2. The van der Waals surface area contributed by atoms with Crippen molar-refractivity contribution in [3.05, 3.63) is 53.1 Å². The predicted molar refractivity (Wildman–Crippen MR) is 119 cm³/mol. The summed E-state index contributed by atoms with van der Waals surface area (Å²) in [6, 6.07) is 10.4. The Morgan fingerprint density at radius 2 is 1.79 bits per heavy atom. The van der Waals surface area contributed by atoms with Gasteiger partial charge in [-0.2, -0.15) is 0 Å². The van der Waals surface area contributed by atoms with Crippen LogP contribution in [0, 0.1) is 13.8 Å². The minimum absolute atomic E-state index is 0.0352. The van der Waals surface area contributed by atoms with E-state index in [4.69, 9.17) is 4.98 Å². The average molecular weight is 432 g/mol. The first-order chi connectivity index (χ1) is 13.6. The first-order valence-corrected chi connectivity index (χ1v) is 11.9. The number of aromatic nitrogens is 1. The number of fused-ring (bicyclic) bond motifs is 1. The van der Waals surface area contributed by atoms with Crippen molar-refractivity contribution in [2.24, 2.45) is 0 Å². The lowest BCUT2D eigenvalue weighted by atomic mass is 10.1. The van der Waals surface area contributed by atoms with Crippen LogP contribution in [0.1, 0.15) is 21.5 Å². The summed E-state index contributed by atoms with van der Waals surface area (Å²) < 4.78 is 25.5. The van der Waals surface area contributed by atoms with Crippen molar-refractivity contribution in [2.45, 2.75) is 18.7 Å². The fourth-order valence-electron chi connectivity index (χ4n) is 3.18. The summed E-state index contributed by atoms with van der Waals surface area (Å²) in [5.74, 6) is -0.360. The van der Waals surface area contributed by atoms with Crippen molar-refractivity contribution >= 4 is 42.4 Å². The molecule has 8 heteroatoms. The van der Waals surface area contributed by atoms with Crippen LogP contribution in [-0.2, 0) is 9.84 Å². The largest absolute Gasteiger partial charge is 0.308 e. The van der Waals surface area contributed by atoms with E-state index in [1.54, 1.807) is 23.1 Å². The molecule has 0 unspecified atom stereocenters. The van der Waals surface area contributed by atoms with Gasteiger partial charge in [-0.1, -0.05) is 29.5 Å². The number of nitrogens with zero attached hydrogens (tertiary/aromatic N) is 3. The van der Waals surface area contributed by atoms with Crippen LogP contribution < -0.4 is 4.90 Å². The molecule has 0 fully saturated rings. The van der Waals surface area contributed by atoms with Gasteiger partial charge in [0.2, 0.25) is 0 Å². The zero-order chi connectivity index (χ0) is 21.3. The summed E-state index contributed by atoms with van der Waals surface area (Å²) in [4.78, 5) is 21.8. The monoisotopic (exact) mass is 431 g/mol. The molecule has 3 rings (SSSR count). The van der Waals surface area contributed by atoms with Crippen LogP contribution in [0.25, 0.3) is 10.2 Å². The highest BCUT2D eigenvalue weighted by molar-refractivity contribution is 7.90. The maximum Gasteiger partial charge on any atom is 0.261 e. The summed E-state index contributed by atoms with van der Waals surface area (Å²) >= 11 is 1.45. The number of anilines is 1. The Labute approximate surface area is 175 Å². The number of carbonyl (C=O) groups is 1. The van der Waals surface area contributed by atoms with Gasteiger partial charge in [0.15, 0.2) is 15.0 Å². The molecule has 0 N–H and O–H groups in total. The third-order valence-corrected chi connectivity index (χ3v) is 6.96. The number of thiazole rings is 1. The Balaban J connectivity index is 2.12. The maximum absolute atomic E-state index is 13.5. The van der Waals surface area contributed by atoms with Crippen molar-refractivity contribution in [3.63, 3.8) is 0 Å². The molecular formula is C21H25N3O3S2. The molecule has 1 amide bonds. The highest BCUT2D eigenvalue weighted by Crippen LogP contribution is 2.33. The molecule has 0 aliphatic heterocycles. The number of sulfone groups is 1. The first-order valence-electron chi connectivity index (χ1n) is 9.21. The summed E-state index contributed by atoms with van der Waals surface area (Å²) in [6.07, 6.45) is 1.12. The Morgan fingerprint density at radius 1 is 1.10 bits per heavy atom. The molecule has 0 radical (unpaired) electrons. The molecule has 1 aromatic heterocycles. The van der Waals surface area contributed by atoms with Crippen molar-refractivity contribution < 1.29 is 13.2 Å². The first kappa shape index (κ1) is 21.4. The van der Waals surface area contributed by atoms with Gasteiger partial charge in [-0.05, 0) is 57.3 Å². The van der Waals surface area contributed by atoms with E-state index in [0.717, 1.165) is 27.6 Å². The number of amides is 1. The van der Waals surface area contributed by atoms with E-state index in [1.807, 2.05) is 38.9 Å². The van der Waals surface area contributed by atoms with Gasteiger partial charge >= 0.3 is 0 Å². The van der Waals surface area contributed by atoms with Crippen LogP contribution >= 0.6 is 11.3 Å². The third-order valence-electron chi connectivity index (χ3n) is 4.57. The van der Waals surface area contributed by atoms with Gasteiger partial charge in [0.25, 0.3) is 5.91 Å². The minimum atomic E-state index is -3.54. The molecule has 0 spiro atoms. The minimum Gasteiger partial charge on any atom is -0.308 e. The SMILES string of the molecule is Cc1cc(C)c2sc(N(CCN(C)C)C(=O)c3ccccc3S(C)(=O)=O)nc2c1. The van der Waals surface area contributed by atoms with E-state index >= 15 is 0 Å². The highest BCUT2D eigenvalue weighted by atomic mass is 32.2. The zero-order valence-corrected chi connectivity index (χ0v) is 18.9. The lowest BCUT2D eigenvalue weighted by Gasteiger charge is -2.22. The van der Waals surface area contributed by atoms with Crippen LogP contribution in [0.5, 0.6) is 0 Å². The van der Waals surface area contributed by atoms with Gasteiger partial charge in [-0.15, -0.1) is 0 Å². The van der Waals surface area contributed by atoms with Crippen LogP contribution in [0.4, 0.5) is 5.13 Å². The standard InChI is InChI=1S/C21H25N3O3S2/c1-14-12-15(2)19-17(13-14)22-21(28-19)24(11-10-23(3)4)20(25)16-8-6-7-9-18(16)29(5,26)27/h6-9,12-13H,10-11H2,1-5H3. The number of aryl methyl sites for hydroxylation is 2. The molecule has 0 aliphatic carbocycles.